The minimum absolute atomic E-state index is 0.144. The Bertz CT molecular complexity index is 1240. The van der Waals surface area contributed by atoms with Crippen LogP contribution < -0.4 is 4.74 Å². The van der Waals surface area contributed by atoms with Gasteiger partial charge in [0, 0.05) is 47.0 Å². The zero-order valence-corrected chi connectivity index (χ0v) is 21.9. The molecule has 1 aromatic heterocycles. The Morgan fingerprint density at radius 2 is 2.03 bits per heavy atom. The van der Waals surface area contributed by atoms with Crippen molar-refractivity contribution < 1.29 is 27.8 Å². The molecular weight excluding hydrogens is 525 g/mol. The van der Waals surface area contributed by atoms with Gasteiger partial charge < -0.3 is 14.7 Å². The second-order valence-corrected chi connectivity index (χ2v) is 10.8. The number of methoxy groups -OCH3 is 1. The Morgan fingerprint density at radius 3 is 2.73 bits per heavy atom. The fourth-order valence-corrected chi connectivity index (χ4v) is 6.16. The van der Waals surface area contributed by atoms with Crippen molar-refractivity contribution in [2.24, 2.45) is 11.8 Å². The number of carboxylic acids is 1. The number of benzene rings is 2. The lowest BCUT2D eigenvalue weighted by Crippen LogP contribution is -2.44. The number of nitrogens with zero attached hydrogens (tertiary/aromatic N) is 2. The molecule has 2 aromatic carbocycles. The van der Waals surface area contributed by atoms with Crippen LogP contribution in [0.4, 0.5) is 13.2 Å². The molecule has 0 spiro atoms. The Labute approximate surface area is 223 Å². The maximum absolute atomic E-state index is 15.5. The zero-order chi connectivity index (χ0) is 26.5. The van der Waals surface area contributed by atoms with Gasteiger partial charge in [-0.25, -0.2) is 13.2 Å². The molecule has 0 saturated carbocycles. The van der Waals surface area contributed by atoms with Gasteiger partial charge in [0.05, 0.1) is 23.6 Å². The third-order valence-electron chi connectivity index (χ3n) is 6.84. The first-order valence-corrected chi connectivity index (χ1v) is 13.4. The van der Waals surface area contributed by atoms with Crippen LogP contribution in [0.25, 0.3) is 10.9 Å². The number of hydrogen-bond acceptors (Lipinski definition) is 5. The smallest absolute Gasteiger partial charge is 0.308 e. The normalized spacial score (nSPS) is 19.2. The highest BCUT2D eigenvalue weighted by Crippen LogP contribution is 2.38. The number of piperidine rings is 1. The molecule has 0 aliphatic carbocycles. The molecule has 0 bridgehead atoms. The minimum Gasteiger partial charge on any atom is -0.497 e. The lowest BCUT2D eigenvalue weighted by Gasteiger charge is -2.36. The number of likely N-dealkylation sites (tertiary alicyclic amines) is 1. The van der Waals surface area contributed by atoms with Crippen molar-refractivity contribution >= 4 is 40.2 Å². The van der Waals surface area contributed by atoms with Crippen LogP contribution in [0.15, 0.2) is 47.5 Å². The van der Waals surface area contributed by atoms with Gasteiger partial charge >= 0.3 is 5.97 Å². The summed E-state index contributed by atoms with van der Waals surface area (Å²) in [5, 5.41) is 10.7. The van der Waals surface area contributed by atoms with Gasteiger partial charge in [0.25, 0.3) is 0 Å². The Hall–Kier alpha value is -2.49. The number of fused-ring (bicyclic) bond motifs is 1. The number of aromatic nitrogens is 1. The molecule has 198 valence electrons. The predicted molar refractivity (Wildman–Crippen MR) is 139 cm³/mol. The van der Waals surface area contributed by atoms with Crippen molar-refractivity contribution in [1.29, 1.82) is 0 Å². The van der Waals surface area contributed by atoms with E-state index in [1.165, 1.54) is 37.2 Å². The summed E-state index contributed by atoms with van der Waals surface area (Å²) >= 11 is 7.66. The number of alkyl halides is 1. The lowest BCUT2D eigenvalue weighted by molar-refractivity contribution is -0.146. The highest BCUT2D eigenvalue weighted by molar-refractivity contribution is 7.99. The highest BCUT2D eigenvalue weighted by Gasteiger charge is 2.34. The third kappa shape index (κ3) is 6.89. The van der Waals surface area contributed by atoms with Gasteiger partial charge in [0.2, 0.25) is 0 Å². The van der Waals surface area contributed by atoms with E-state index in [9.17, 15) is 18.7 Å². The van der Waals surface area contributed by atoms with E-state index in [4.69, 9.17) is 16.3 Å². The lowest BCUT2D eigenvalue weighted by atomic mass is 9.81. The van der Waals surface area contributed by atoms with Crippen molar-refractivity contribution in [1.82, 2.24) is 9.88 Å². The van der Waals surface area contributed by atoms with E-state index in [-0.39, 0.29) is 17.4 Å². The summed E-state index contributed by atoms with van der Waals surface area (Å²) in [6.45, 7) is 1.62. The van der Waals surface area contributed by atoms with E-state index in [0.717, 1.165) is 6.07 Å². The van der Waals surface area contributed by atoms with Crippen LogP contribution in [0, 0.1) is 23.5 Å². The largest absolute Gasteiger partial charge is 0.497 e. The summed E-state index contributed by atoms with van der Waals surface area (Å²) in [6.07, 6.45) is 1.24. The standard InChI is InChI=1S/C27H28ClF3N2O3S/c1-36-19-3-5-25-21(13-19)26(23(28)14-32-25)24(31)4-2-16-6-7-33(15-22(16)27(34)35)8-9-37-20-11-17(29)10-18(30)12-20/h3,5,10-14,16,22,24H,2,4,6-9,15H2,1H3,(H,34,35). The molecule has 0 radical (unpaired) electrons. The molecule has 1 fully saturated rings. The van der Waals surface area contributed by atoms with Gasteiger partial charge in [-0.2, -0.15) is 0 Å². The SMILES string of the molecule is COc1ccc2ncc(Cl)c(C(F)CCC3CCN(CCSc4cc(F)cc(F)c4)CC3C(=O)O)c2c1. The monoisotopic (exact) mass is 552 g/mol. The van der Waals surface area contributed by atoms with Crippen molar-refractivity contribution in [3.8, 4) is 5.75 Å². The summed E-state index contributed by atoms with van der Waals surface area (Å²) in [6, 6.07) is 8.60. The molecule has 1 N–H and O–H groups in total. The van der Waals surface area contributed by atoms with Crippen LogP contribution in [-0.2, 0) is 4.79 Å². The van der Waals surface area contributed by atoms with E-state index in [1.807, 2.05) is 4.90 Å². The number of ether oxygens (including phenoxy) is 1. The number of thioether (sulfide) groups is 1. The average molecular weight is 553 g/mol. The number of hydrogen-bond donors (Lipinski definition) is 1. The van der Waals surface area contributed by atoms with Crippen molar-refractivity contribution in [3.63, 3.8) is 0 Å². The number of halogens is 4. The quantitative estimate of drug-likeness (QED) is 0.280. The Kier molecular flexibility index (Phi) is 9.21. The number of carboxylic acid groups (broad SMARTS) is 1. The van der Waals surface area contributed by atoms with Crippen LogP contribution in [0.2, 0.25) is 5.02 Å². The first kappa shape index (κ1) is 27.5. The first-order chi connectivity index (χ1) is 17.7. The van der Waals surface area contributed by atoms with Crippen molar-refractivity contribution in [2.75, 3.05) is 32.5 Å². The Morgan fingerprint density at radius 1 is 1.27 bits per heavy atom. The van der Waals surface area contributed by atoms with E-state index >= 15 is 4.39 Å². The fourth-order valence-electron chi connectivity index (χ4n) is 4.92. The van der Waals surface area contributed by atoms with Gasteiger partial charge in [-0.3, -0.25) is 9.78 Å². The molecule has 1 saturated heterocycles. The molecule has 5 nitrogen and oxygen atoms in total. The second-order valence-electron chi connectivity index (χ2n) is 9.20. The number of pyridine rings is 1. The van der Waals surface area contributed by atoms with Crippen LogP contribution in [0.3, 0.4) is 0 Å². The average Bonchev–Trinajstić information content (AvgIpc) is 2.86. The van der Waals surface area contributed by atoms with Gasteiger partial charge in [-0.05, 0) is 62.1 Å². The first-order valence-electron chi connectivity index (χ1n) is 12.1. The summed E-state index contributed by atoms with van der Waals surface area (Å²) in [7, 11) is 1.53. The van der Waals surface area contributed by atoms with Crippen molar-refractivity contribution in [2.45, 2.75) is 30.3 Å². The number of aliphatic carboxylic acids is 1. The summed E-state index contributed by atoms with van der Waals surface area (Å²) in [4.78, 5) is 18.9. The molecule has 4 rings (SSSR count). The predicted octanol–water partition coefficient (Wildman–Crippen LogP) is 6.78. The fraction of sp³-hybridized carbons (Fsp3) is 0.407. The van der Waals surface area contributed by atoms with E-state index in [1.54, 1.807) is 18.2 Å². The zero-order valence-electron chi connectivity index (χ0n) is 20.3. The number of rotatable bonds is 10. The second kappa shape index (κ2) is 12.4. The van der Waals surface area contributed by atoms with Gasteiger partial charge in [-0.15, -0.1) is 11.8 Å². The summed E-state index contributed by atoms with van der Waals surface area (Å²) < 4.78 is 47.6. The third-order valence-corrected chi connectivity index (χ3v) is 8.10. The molecule has 3 aromatic rings. The molecule has 37 heavy (non-hydrogen) atoms. The van der Waals surface area contributed by atoms with E-state index < -0.39 is 29.7 Å². The highest BCUT2D eigenvalue weighted by atomic mass is 35.5. The van der Waals surface area contributed by atoms with Gasteiger partial charge in [0.1, 0.15) is 23.6 Å². The maximum Gasteiger partial charge on any atom is 0.308 e. The van der Waals surface area contributed by atoms with E-state index in [0.29, 0.717) is 65.3 Å². The van der Waals surface area contributed by atoms with Crippen LogP contribution in [0.1, 0.15) is 31.0 Å². The molecule has 2 heterocycles. The van der Waals surface area contributed by atoms with Gasteiger partial charge in [0.15, 0.2) is 0 Å². The topological polar surface area (TPSA) is 62.7 Å². The van der Waals surface area contributed by atoms with E-state index in [2.05, 4.69) is 4.98 Å². The maximum atomic E-state index is 15.5. The van der Waals surface area contributed by atoms with Crippen LogP contribution in [0.5, 0.6) is 5.75 Å². The Balaban J connectivity index is 1.36. The minimum atomic E-state index is -1.37. The molecule has 0 amide bonds. The van der Waals surface area contributed by atoms with Gasteiger partial charge in [-0.1, -0.05) is 11.6 Å². The summed E-state index contributed by atoms with van der Waals surface area (Å²) in [5.74, 6) is -1.79. The molecule has 1 aliphatic heterocycles. The molecular formula is C27H28ClF3N2O3S. The summed E-state index contributed by atoms with van der Waals surface area (Å²) in [5.41, 5.74) is 0.958. The van der Waals surface area contributed by atoms with Crippen LogP contribution in [-0.4, -0.2) is 53.5 Å². The molecule has 1 aliphatic rings. The number of carbonyl (C=O) groups is 1. The molecule has 10 heteroatoms. The molecule has 3 atom stereocenters. The molecule has 3 unspecified atom stereocenters. The van der Waals surface area contributed by atoms with Crippen LogP contribution >= 0.6 is 23.4 Å². The van der Waals surface area contributed by atoms with Crippen molar-refractivity contribution in [3.05, 3.63) is 64.8 Å².